The fourth-order valence-corrected chi connectivity index (χ4v) is 1.06. The third kappa shape index (κ3) is 2.03. The van der Waals surface area contributed by atoms with Crippen LogP contribution in [-0.4, -0.2) is 23.8 Å². The summed E-state index contributed by atoms with van der Waals surface area (Å²) in [6.07, 6.45) is 3.04. The molecule has 0 bridgehead atoms. The lowest BCUT2D eigenvalue weighted by atomic mass is 10.0. The lowest BCUT2D eigenvalue weighted by Crippen LogP contribution is -2.42. The lowest BCUT2D eigenvalue weighted by molar-refractivity contribution is -0.121. The number of carbonyl (C=O) groups is 1. The molecule has 4 nitrogen and oxygen atoms in total. The monoisotopic (exact) mass is 156 g/mol. The van der Waals surface area contributed by atoms with E-state index < -0.39 is 6.23 Å². The number of nitrogens with one attached hydrogen (secondary N) is 1. The van der Waals surface area contributed by atoms with Gasteiger partial charge in [-0.3, -0.25) is 4.79 Å². The predicted molar refractivity (Wildman–Crippen MR) is 40.5 cm³/mol. The van der Waals surface area contributed by atoms with Gasteiger partial charge in [0.1, 0.15) is 6.23 Å². The largest absolute Gasteiger partial charge is 0.373 e. The highest BCUT2D eigenvalue weighted by molar-refractivity contribution is 5.88. The summed E-state index contributed by atoms with van der Waals surface area (Å²) < 4.78 is 0. The van der Waals surface area contributed by atoms with Crippen LogP contribution in [0.4, 0.5) is 0 Å². The Morgan fingerprint density at radius 1 is 1.73 bits per heavy atom. The molecule has 4 heteroatoms. The highest BCUT2D eigenvalue weighted by Gasteiger charge is 2.20. The maximum Gasteiger partial charge on any atom is 0.245 e. The van der Waals surface area contributed by atoms with Gasteiger partial charge in [-0.1, -0.05) is 6.08 Å². The van der Waals surface area contributed by atoms with Crippen molar-refractivity contribution in [2.75, 3.05) is 6.54 Å². The van der Waals surface area contributed by atoms with Crippen LogP contribution >= 0.6 is 0 Å². The van der Waals surface area contributed by atoms with Crippen molar-refractivity contribution < 1.29 is 9.90 Å². The normalized spacial score (nSPS) is 30.2. The maximum atomic E-state index is 10.6. The SMILES string of the molecule is NCCC1C=CC(=O)NC1O. The summed E-state index contributed by atoms with van der Waals surface area (Å²) in [5.41, 5.74) is 5.30. The van der Waals surface area contributed by atoms with Crippen molar-refractivity contribution in [1.29, 1.82) is 0 Å². The Labute approximate surface area is 65.1 Å². The molecule has 0 aromatic heterocycles. The van der Waals surface area contributed by atoms with Crippen LogP contribution in [-0.2, 0) is 4.79 Å². The summed E-state index contributed by atoms with van der Waals surface area (Å²) in [5, 5.41) is 11.6. The number of aliphatic hydroxyl groups excluding tert-OH is 1. The average molecular weight is 156 g/mol. The number of hydrogen-bond donors (Lipinski definition) is 3. The van der Waals surface area contributed by atoms with Gasteiger partial charge in [0, 0.05) is 5.92 Å². The second-order valence-corrected chi connectivity index (χ2v) is 2.55. The minimum atomic E-state index is -0.768. The quantitative estimate of drug-likeness (QED) is 0.478. The highest BCUT2D eigenvalue weighted by atomic mass is 16.3. The molecule has 0 radical (unpaired) electrons. The number of rotatable bonds is 2. The van der Waals surface area contributed by atoms with Crippen LogP contribution in [0.1, 0.15) is 6.42 Å². The van der Waals surface area contributed by atoms with E-state index in [9.17, 15) is 9.90 Å². The van der Waals surface area contributed by atoms with Crippen LogP contribution in [0.3, 0.4) is 0 Å². The van der Waals surface area contributed by atoms with E-state index in [1.165, 1.54) is 6.08 Å². The maximum absolute atomic E-state index is 10.6. The molecule has 0 aromatic rings. The Morgan fingerprint density at radius 3 is 3.00 bits per heavy atom. The van der Waals surface area contributed by atoms with E-state index in [1.807, 2.05) is 0 Å². The van der Waals surface area contributed by atoms with Crippen LogP contribution in [0.2, 0.25) is 0 Å². The molecule has 1 aliphatic heterocycles. The summed E-state index contributed by atoms with van der Waals surface area (Å²) in [5.74, 6) is -0.275. The molecule has 2 atom stereocenters. The van der Waals surface area contributed by atoms with E-state index in [0.717, 1.165) is 0 Å². The Bertz CT molecular complexity index is 179. The first-order valence-electron chi connectivity index (χ1n) is 3.61. The molecular weight excluding hydrogens is 144 g/mol. The van der Waals surface area contributed by atoms with E-state index in [4.69, 9.17) is 5.73 Å². The van der Waals surface area contributed by atoms with Crippen LogP contribution in [0.25, 0.3) is 0 Å². The molecule has 0 saturated carbocycles. The van der Waals surface area contributed by atoms with Crippen molar-refractivity contribution in [3.8, 4) is 0 Å². The molecule has 0 fully saturated rings. The van der Waals surface area contributed by atoms with Gasteiger partial charge in [-0.2, -0.15) is 0 Å². The molecular formula is C7H12N2O2. The van der Waals surface area contributed by atoms with Crippen molar-refractivity contribution in [2.24, 2.45) is 11.7 Å². The van der Waals surface area contributed by atoms with E-state index in [1.54, 1.807) is 6.08 Å². The molecule has 2 unspecified atom stereocenters. The first kappa shape index (κ1) is 8.23. The topological polar surface area (TPSA) is 75.4 Å². The number of nitrogens with two attached hydrogens (primary N) is 1. The Hall–Kier alpha value is -0.870. The molecule has 1 aliphatic rings. The van der Waals surface area contributed by atoms with Gasteiger partial charge in [-0.15, -0.1) is 0 Å². The predicted octanol–water partition coefficient (Wildman–Crippen LogP) is -1.04. The smallest absolute Gasteiger partial charge is 0.245 e. The van der Waals surface area contributed by atoms with E-state index in [2.05, 4.69) is 5.32 Å². The molecule has 11 heavy (non-hydrogen) atoms. The molecule has 0 aromatic carbocycles. The van der Waals surface area contributed by atoms with Gasteiger partial charge in [0.2, 0.25) is 5.91 Å². The van der Waals surface area contributed by atoms with E-state index >= 15 is 0 Å². The Balaban J connectivity index is 2.53. The number of carbonyl (C=O) groups excluding carboxylic acids is 1. The standard InChI is InChI=1S/C7H12N2O2/c8-4-3-5-1-2-6(10)9-7(5)11/h1-2,5,7,11H,3-4,8H2,(H,9,10). The molecule has 0 aliphatic carbocycles. The van der Waals surface area contributed by atoms with Crippen molar-refractivity contribution in [2.45, 2.75) is 12.6 Å². The number of hydrogen-bond acceptors (Lipinski definition) is 3. The average Bonchev–Trinajstić information content (AvgIpc) is 1.95. The summed E-state index contributed by atoms with van der Waals surface area (Å²) in [6.45, 7) is 0.516. The summed E-state index contributed by atoms with van der Waals surface area (Å²) in [7, 11) is 0. The van der Waals surface area contributed by atoms with E-state index in [-0.39, 0.29) is 11.8 Å². The third-order valence-electron chi connectivity index (χ3n) is 1.69. The second-order valence-electron chi connectivity index (χ2n) is 2.55. The molecule has 1 amide bonds. The molecule has 1 rings (SSSR count). The third-order valence-corrected chi connectivity index (χ3v) is 1.69. The Kier molecular flexibility index (Phi) is 2.62. The van der Waals surface area contributed by atoms with Crippen molar-refractivity contribution >= 4 is 5.91 Å². The van der Waals surface area contributed by atoms with Gasteiger partial charge < -0.3 is 16.2 Å². The van der Waals surface area contributed by atoms with Gasteiger partial charge in [0.15, 0.2) is 0 Å². The first-order valence-corrected chi connectivity index (χ1v) is 3.61. The van der Waals surface area contributed by atoms with Crippen LogP contribution < -0.4 is 11.1 Å². The van der Waals surface area contributed by atoms with Gasteiger partial charge in [0.05, 0.1) is 0 Å². The van der Waals surface area contributed by atoms with Gasteiger partial charge >= 0.3 is 0 Å². The number of amides is 1. The highest BCUT2D eigenvalue weighted by Crippen LogP contribution is 2.11. The molecule has 4 N–H and O–H groups in total. The van der Waals surface area contributed by atoms with Crippen LogP contribution in [0.15, 0.2) is 12.2 Å². The van der Waals surface area contributed by atoms with Crippen molar-refractivity contribution in [3.63, 3.8) is 0 Å². The van der Waals surface area contributed by atoms with Crippen molar-refractivity contribution in [3.05, 3.63) is 12.2 Å². The zero-order valence-corrected chi connectivity index (χ0v) is 6.16. The second kappa shape index (κ2) is 3.50. The van der Waals surface area contributed by atoms with E-state index in [0.29, 0.717) is 13.0 Å². The minimum Gasteiger partial charge on any atom is -0.373 e. The van der Waals surface area contributed by atoms with Gasteiger partial charge in [-0.05, 0) is 19.0 Å². The van der Waals surface area contributed by atoms with Crippen LogP contribution in [0.5, 0.6) is 0 Å². The van der Waals surface area contributed by atoms with Gasteiger partial charge in [0.25, 0.3) is 0 Å². The summed E-state index contributed by atoms with van der Waals surface area (Å²) in [4.78, 5) is 10.6. The minimum absolute atomic E-state index is 0.0299. The van der Waals surface area contributed by atoms with Crippen LogP contribution in [0, 0.1) is 5.92 Å². The fourth-order valence-electron chi connectivity index (χ4n) is 1.06. The molecule has 0 saturated heterocycles. The lowest BCUT2D eigenvalue weighted by Gasteiger charge is -2.23. The Morgan fingerprint density at radius 2 is 2.45 bits per heavy atom. The van der Waals surface area contributed by atoms with Crippen molar-refractivity contribution in [1.82, 2.24) is 5.32 Å². The molecule has 1 heterocycles. The zero-order chi connectivity index (χ0) is 8.27. The summed E-state index contributed by atoms with van der Waals surface area (Å²) in [6, 6.07) is 0. The zero-order valence-electron chi connectivity index (χ0n) is 6.16. The number of aliphatic hydroxyl groups is 1. The van der Waals surface area contributed by atoms with Gasteiger partial charge in [-0.25, -0.2) is 0 Å². The fraction of sp³-hybridized carbons (Fsp3) is 0.571. The molecule has 62 valence electrons. The first-order chi connectivity index (χ1) is 5.24. The molecule has 0 spiro atoms. The summed E-state index contributed by atoms with van der Waals surface area (Å²) >= 11 is 0.